The number of alkyl halides is 3. The fraction of sp³-hybridized carbons (Fsp3) is 0.579. The number of carbonyl (C=O) groups is 2. The molecule has 2 rings (SSSR count). The smallest absolute Gasteiger partial charge is 0.339 e. The van der Waals surface area contributed by atoms with Crippen molar-refractivity contribution in [1.82, 2.24) is 4.90 Å². The molecule has 1 aromatic carbocycles. The molecule has 1 N–H and O–H groups in total. The number of amides is 2. The molecular weight excluding hydrogens is 345 g/mol. The van der Waals surface area contributed by atoms with Gasteiger partial charge in [-0.05, 0) is 25.0 Å². The fourth-order valence-electron chi connectivity index (χ4n) is 3.44. The summed E-state index contributed by atoms with van der Waals surface area (Å²) in [5.41, 5.74) is -1.13. The van der Waals surface area contributed by atoms with Crippen molar-refractivity contribution in [2.75, 3.05) is 11.9 Å². The number of para-hydroxylation sites is 1. The van der Waals surface area contributed by atoms with Crippen molar-refractivity contribution in [2.45, 2.75) is 64.1 Å². The van der Waals surface area contributed by atoms with E-state index in [9.17, 15) is 22.8 Å². The number of hydrogen-bond donors (Lipinski definition) is 1. The minimum atomic E-state index is -4.53. The minimum absolute atomic E-state index is 0.0255. The predicted octanol–water partition coefficient (Wildman–Crippen LogP) is 4.61. The van der Waals surface area contributed by atoms with Gasteiger partial charge in [0.15, 0.2) is 0 Å². The normalized spacial score (nSPS) is 16.0. The van der Waals surface area contributed by atoms with Crippen molar-refractivity contribution in [3.8, 4) is 0 Å². The number of anilines is 1. The van der Waals surface area contributed by atoms with Gasteiger partial charge in [-0.2, -0.15) is 13.2 Å². The SMILES string of the molecule is CC(=O)N(CCC(=O)Nc1ccccc1C(F)(F)F)C1CCCCCC1. The maximum atomic E-state index is 13.0. The van der Waals surface area contributed by atoms with E-state index in [0.29, 0.717) is 0 Å². The molecule has 1 fully saturated rings. The third-order valence-electron chi connectivity index (χ3n) is 4.76. The second-order valence-corrected chi connectivity index (χ2v) is 6.70. The van der Waals surface area contributed by atoms with Crippen LogP contribution in [0.2, 0.25) is 0 Å². The Hall–Kier alpha value is -2.05. The summed E-state index contributed by atoms with van der Waals surface area (Å²) in [7, 11) is 0. The first kappa shape index (κ1) is 20.3. The molecule has 1 aliphatic rings. The molecule has 144 valence electrons. The number of carbonyl (C=O) groups excluding carboxylic acids is 2. The summed E-state index contributed by atoms with van der Waals surface area (Å²) < 4.78 is 39.0. The van der Waals surface area contributed by atoms with E-state index in [1.807, 2.05) is 0 Å². The molecule has 0 atom stereocenters. The van der Waals surface area contributed by atoms with E-state index in [2.05, 4.69) is 5.32 Å². The number of rotatable bonds is 5. The highest BCUT2D eigenvalue weighted by atomic mass is 19.4. The van der Waals surface area contributed by atoms with Gasteiger partial charge in [0.25, 0.3) is 0 Å². The Morgan fingerprint density at radius 2 is 1.73 bits per heavy atom. The van der Waals surface area contributed by atoms with E-state index in [1.54, 1.807) is 4.90 Å². The van der Waals surface area contributed by atoms with E-state index in [1.165, 1.54) is 25.1 Å². The Balaban J connectivity index is 1.97. The summed E-state index contributed by atoms with van der Waals surface area (Å²) >= 11 is 0. The van der Waals surface area contributed by atoms with Crippen LogP contribution in [0, 0.1) is 0 Å². The molecule has 1 saturated carbocycles. The number of hydrogen-bond acceptors (Lipinski definition) is 2. The minimum Gasteiger partial charge on any atom is -0.339 e. The second kappa shape index (κ2) is 9.05. The predicted molar refractivity (Wildman–Crippen MR) is 93.6 cm³/mol. The van der Waals surface area contributed by atoms with Crippen molar-refractivity contribution in [3.05, 3.63) is 29.8 Å². The van der Waals surface area contributed by atoms with Gasteiger partial charge in [0.2, 0.25) is 11.8 Å². The molecule has 0 aromatic heterocycles. The van der Waals surface area contributed by atoms with Crippen molar-refractivity contribution >= 4 is 17.5 Å². The molecule has 7 heteroatoms. The molecule has 26 heavy (non-hydrogen) atoms. The van der Waals surface area contributed by atoms with Crippen LogP contribution in [0.15, 0.2) is 24.3 Å². The van der Waals surface area contributed by atoms with E-state index in [0.717, 1.165) is 44.6 Å². The van der Waals surface area contributed by atoms with E-state index in [4.69, 9.17) is 0 Å². The highest BCUT2D eigenvalue weighted by Gasteiger charge is 2.33. The van der Waals surface area contributed by atoms with E-state index in [-0.39, 0.29) is 30.6 Å². The van der Waals surface area contributed by atoms with Crippen LogP contribution in [-0.4, -0.2) is 29.3 Å². The molecule has 0 saturated heterocycles. The summed E-state index contributed by atoms with van der Waals surface area (Å²) in [6, 6.07) is 5.00. The lowest BCUT2D eigenvalue weighted by Gasteiger charge is -2.30. The average Bonchev–Trinajstić information content (AvgIpc) is 2.83. The molecular formula is C19H25F3N2O2. The molecule has 0 spiro atoms. The van der Waals surface area contributed by atoms with Crippen molar-refractivity contribution in [3.63, 3.8) is 0 Å². The summed E-state index contributed by atoms with van der Waals surface area (Å²) in [6.45, 7) is 1.70. The number of nitrogens with zero attached hydrogens (tertiary/aromatic N) is 1. The molecule has 1 aromatic rings. The lowest BCUT2D eigenvalue weighted by Crippen LogP contribution is -2.40. The molecule has 0 bridgehead atoms. The summed E-state index contributed by atoms with van der Waals surface area (Å²) in [4.78, 5) is 25.8. The Labute approximate surface area is 151 Å². The zero-order valence-corrected chi connectivity index (χ0v) is 14.9. The van der Waals surface area contributed by atoms with Crippen molar-refractivity contribution in [1.29, 1.82) is 0 Å². The number of halogens is 3. The first-order chi connectivity index (χ1) is 12.3. The van der Waals surface area contributed by atoms with Crippen LogP contribution in [0.3, 0.4) is 0 Å². The highest BCUT2D eigenvalue weighted by Crippen LogP contribution is 2.34. The van der Waals surface area contributed by atoms with Crippen molar-refractivity contribution in [2.24, 2.45) is 0 Å². The van der Waals surface area contributed by atoms with Crippen LogP contribution in [0.5, 0.6) is 0 Å². The molecule has 0 heterocycles. The van der Waals surface area contributed by atoms with Crippen molar-refractivity contribution < 1.29 is 22.8 Å². The van der Waals surface area contributed by atoms with Crippen LogP contribution < -0.4 is 5.32 Å². The van der Waals surface area contributed by atoms with Gasteiger partial charge in [0.1, 0.15) is 0 Å². The van der Waals surface area contributed by atoms with Gasteiger partial charge in [-0.25, -0.2) is 0 Å². The van der Waals surface area contributed by atoms with Gasteiger partial charge in [-0.1, -0.05) is 37.8 Å². The molecule has 2 amide bonds. The first-order valence-corrected chi connectivity index (χ1v) is 9.02. The Morgan fingerprint density at radius 1 is 1.12 bits per heavy atom. The molecule has 0 unspecified atom stereocenters. The largest absolute Gasteiger partial charge is 0.418 e. The van der Waals surface area contributed by atoms with Gasteiger partial charge >= 0.3 is 6.18 Å². The van der Waals surface area contributed by atoms with Crippen LogP contribution in [-0.2, 0) is 15.8 Å². The number of benzene rings is 1. The molecule has 0 radical (unpaired) electrons. The van der Waals surface area contributed by atoms with Crippen LogP contribution in [0.25, 0.3) is 0 Å². The third-order valence-corrected chi connectivity index (χ3v) is 4.76. The maximum Gasteiger partial charge on any atom is 0.418 e. The average molecular weight is 370 g/mol. The maximum absolute atomic E-state index is 13.0. The van der Waals surface area contributed by atoms with Crippen LogP contribution >= 0.6 is 0 Å². The molecule has 4 nitrogen and oxygen atoms in total. The lowest BCUT2D eigenvalue weighted by molar-refractivity contribution is -0.137. The van der Waals surface area contributed by atoms with E-state index < -0.39 is 17.6 Å². The number of nitrogens with one attached hydrogen (secondary N) is 1. The van der Waals surface area contributed by atoms with Gasteiger partial charge in [0.05, 0.1) is 11.3 Å². The quantitative estimate of drug-likeness (QED) is 0.770. The van der Waals surface area contributed by atoms with Gasteiger partial charge in [-0.15, -0.1) is 0 Å². The zero-order chi connectivity index (χ0) is 19.2. The molecule has 0 aliphatic heterocycles. The summed E-state index contributed by atoms with van der Waals surface area (Å²) in [5, 5.41) is 2.33. The monoisotopic (exact) mass is 370 g/mol. The summed E-state index contributed by atoms with van der Waals surface area (Å²) in [5.74, 6) is -0.623. The standard InChI is InChI=1S/C19H25F3N2O2/c1-14(25)24(15-8-4-2-3-5-9-15)13-12-18(26)23-17-11-7-6-10-16(17)19(20,21)22/h6-7,10-11,15H,2-5,8-9,12-13H2,1H3,(H,23,26). The lowest BCUT2D eigenvalue weighted by atomic mass is 10.1. The zero-order valence-electron chi connectivity index (χ0n) is 14.9. The molecule has 1 aliphatic carbocycles. The summed E-state index contributed by atoms with van der Waals surface area (Å²) in [6.07, 6.45) is 1.68. The Morgan fingerprint density at radius 3 is 2.31 bits per heavy atom. The third kappa shape index (κ3) is 5.75. The van der Waals surface area contributed by atoms with Crippen LogP contribution in [0.4, 0.5) is 18.9 Å². The second-order valence-electron chi connectivity index (χ2n) is 6.70. The van der Waals surface area contributed by atoms with Gasteiger partial charge in [-0.3, -0.25) is 9.59 Å². The topological polar surface area (TPSA) is 49.4 Å². The Kier molecular flexibility index (Phi) is 7.06. The van der Waals surface area contributed by atoms with Gasteiger partial charge < -0.3 is 10.2 Å². The first-order valence-electron chi connectivity index (χ1n) is 9.02. The Bertz CT molecular complexity index is 623. The van der Waals surface area contributed by atoms with Crippen LogP contribution in [0.1, 0.15) is 57.4 Å². The fourth-order valence-corrected chi connectivity index (χ4v) is 3.44. The van der Waals surface area contributed by atoms with E-state index >= 15 is 0 Å². The highest BCUT2D eigenvalue weighted by molar-refractivity contribution is 5.92. The van der Waals surface area contributed by atoms with Gasteiger partial charge in [0, 0.05) is 25.9 Å².